The van der Waals surface area contributed by atoms with E-state index in [9.17, 15) is 13.6 Å². The summed E-state index contributed by atoms with van der Waals surface area (Å²) in [5.41, 5.74) is 7.00. The molecule has 0 aliphatic carbocycles. The minimum Gasteiger partial charge on any atom is -0.453 e. The van der Waals surface area contributed by atoms with Crippen molar-refractivity contribution in [3.05, 3.63) is 30.1 Å². The second kappa shape index (κ2) is 9.49. The molecule has 2 aliphatic rings. The van der Waals surface area contributed by atoms with E-state index in [0.717, 1.165) is 0 Å². The van der Waals surface area contributed by atoms with Gasteiger partial charge in [0.1, 0.15) is 17.2 Å². The van der Waals surface area contributed by atoms with Crippen LogP contribution in [0.5, 0.6) is 0 Å². The van der Waals surface area contributed by atoms with Gasteiger partial charge in [-0.2, -0.15) is 9.97 Å². The number of aromatic nitrogens is 4. The average molecular weight is 488 g/mol. The van der Waals surface area contributed by atoms with Gasteiger partial charge in [-0.1, -0.05) is 6.07 Å². The van der Waals surface area contributed by atoms with Crippen LogP contribution in [-0.4, -0.2) is 90.1 Å². The third-order valence-electron chi connectivity index (χ3n) is 6.20. The monoisotopic (exact) mass is 488 g/mol. The number of hydrogen-bond acceptors (Lipinski definition) is 9. The maximum atomic E-state index is 14.1. The minimum atomic E-state index is -2.86. The minimum absolute atomic E-state index is 0.0859. The van der Waals surface area contributed by atoms with Gasteiger partial charge in [-0.15, -0.1) is 0 Å². The molecule has 2 N–H and O–H groups in total. The van der Waals surface area contributed by atoms with Gasteiger partial charge in [-0.3, -0.25) is 4.57 Å². The molecule has 186 valence electrons. The molecule has 13 heteroatoms. The number of halogens is 2. The molecule has 2 aliphatic heterocycles. The Morgan fingerprint density at radius 3 is 2.31 bits per heavy atom. The van der Waals surface area contributed by atoms with E-state index >= 15 is 0 Å². The molecular formula is C22H26F2N8O3. The summed E-state index contributed by atoms with van der Waals surface area (Å²) >= 11 is 0. The Labute approximate surface area is 200 Å². The molecule has 0 bridgehead atoms. The standard InChI is InChI=1S/C22H26F2N8O3/c1-34-22(33)31-7-5-29(6-8-31)16-13-17(30-9-11-35-12-10-30)27-21(26-16)32-15-4-2-3-14(25)18(15)28-20(32)19(23)24/h2-4,13,19H,5-12,25H2,1H3. The highest BCUT2D eigenvalue weighted by Gasteiger charge is 2.27. The van der Waals surface area contributed by atoms with Gasteiger partial charge in [0.25, 0.3) is 6.43 Å². The van der Waals surface area contributed by atoms with Crippen LogP contribution < -0.4 is 15.5 Å². The molecule has 0 saturated carbocycles. The van der Waals surface area contributed by atoms with E-state index in [2.05, 4.69) is 15.0 Å². The third-order valence-corrected chi connectivity index (χ3v) is 6.20. The number of methoxy groups -OCH3 is 1. The van der Waals surface area contributed by atoms with Gasteiger partial charge in [0.05, 0.1) is 31.5 Å². The lowest BCUT2D eigenvalue weighted by Gasteiger charge is -2.35. The topological polar surface area (TPSA) is 115 Å². The summed E-state index contributed by atoms with van der Waals surface area (Å²) in [5, 5.41) is 0. The lowest BCUT2D eigenvalue weighted by Crippen LogP contribution is -2.49. The molecule has 0 atom stereocenters. The Morgan fingerprint density at radius 2 is 1.69 bits per heavy atom. The number of fused-ring (bicyclic) bond motifs is 1. The van der Waals surface area contributed by atoms with Gasteiger partial charge < -0.3 is 29.9 Å². The molecule has 5 rings (SSSR count). The zero-order valence-electron chi connectivity index (χ0n) is 19.2. The molecular weight excluding hydrogens is 462 g/mol. The second-order valence-electron chi connectivity index (χ2n) is 8.25. The van der Waals surface area contributed by atoms with E-state index in [0.29, 0.717) is 75.3 Å². The van der Waals surface area contributed by atoms with Gasteiger partial charge in [-0.25, -0.2) is 18.6 Å². The van der Waals surface area contributed by atoms with E-state index < -0.39 is 12.2 Å². The predicted molar refractivity (Wildman–Crippen MR) is 125 cm³/mol. The SMILES string of the molecule is COC(=O)N1CCN(c2cc(N3CCOCC3)nc(-n3c(C(F)F)nc4c(N)cccc43)n2)CC1. The van der Waals surface area contributed by atoms with Crippen molar-refractivity contribution in [1.82, 2.24) is 24.4 Å². The average Bonchev–Trinajstić information content (AvgIpc) is 3.30. The lowest BCUT2D eigenvalue weighted by molar-refractivity contribution is 0.121. The van der Waals surface area contributed by atoms with Gasteiger partial charge >= 0.3 is 6.09 Å². The van der Waals surface area contributed by atoms with Crippen molar-refractivity contribution in [1.29, 1.82) is 0 Å². The molecule has 2 fully saturated rings. The molecule has 1 aromatic carbocycles. The highest BCUT2D eigenvalue weighted by Crippen LogP contribution is 2.31. The molecule has 2 aromatic heterocycles. The molecule has 4 heterocycles. The Balaban J connectivity index is 1.60. The summed E-state index contributed by atoms with van der Waals surface area (Å²) in [6.45, 7) is 4.23. The number of para-hydroxylation sites is 1. The number of nitrogen functional groups attached to an aromatic ring is 1. The number of amides is 1. The van der Waals surface area contributed by atoms with Crippen LogP contribution in [0.4, 0.5) is 30.9 Å². The summed E-state index contributed by atoms with van der Waals surface area (Å²) < 4.78 is 39.7. The van der Waals surface area contributed by atoms with Crippen molar-refractivity contribution >= 4 is 34.4 Å². The number of alkyl halides is 2. The summed E-state index contributed by atoms with van der Waals surface area (Å²) in [7, 11) is 1.35. The van der Waals surface area contributed by atoms with E-state index in [-0.39, 0.29) is 17.6 Å². The smallest absolute Gasteiger partial charge is 0.409 e. The van der Waals surface area contributed by atoms with Crippen LogP contribution >= 0.6 is 0 Å². The fourth-order valence-electron chi connectivity index (χ4n) is 4.37. The largest absolute Gasteiger partial charge is 0.453 e. The number of carbonyl (C=O) groups excluding carboxylic acids is 1. The van der Waals surface area contributed by atoms with Gasteiger partial charge in [0, 0.05) is 45.3 Å². The fraction of sp³-hybridized carbons (Fsp3) is 0.455. The van der Waals surface area contributed by atoms with Crippen molar-refractivity contribution in [2.45, 2.75) is 6.43 Å². The van der Waals surface area contributed by atoms with Crippen molar-refractivity contribution in [3.8, 4) is 5.95 Å². The number of imidazole rings is 1. The zero-order valence-corrected chi connectivity index (χ0v) is 19.2. The van der Waals surface area contributed by atoms with Crippen molar-refractivity contribution in [3.63, 3.8) is 0 Å². The van der Waals surface area contributed by atoms with E-state index in [4.69, 9.17) is 15.2 Å². The maximum Gasteiger partial charge on any atom is 0.409 e. The molecule has 2 saturated heterocycles. The number of rotatable bonds is 4. The van der Waals surface area contributed by atoms with Crippen LogP contribution in [0, 0.1) is 0 Å². The summed E-state index contributed by atoms with van der Waals surface area (Å²) in [4.78, 5) is 31.0. The number of benzene rings is 1. The first kappa shape index (κ1) is 23.0. The van der Waals surface area contributed by atoms with Gasteiger partial charge in [0.2, 0.25) is 5.95 Å². The molecule has 11 nitrogen and oxygen atoms in total. The Kier molecular flexibility index (Phi) is 6.24. The quantitative estimate of drug-likeness (QED) is 0.551. The highest BCUT2D eigenvalue weighted by molar-refractivity contribution is 5.88. The third kappa shape index (κ3) is 4.38. The number of nitrogens with two attached hydrogens (primary N) is 1. The summed E-state index contributed by atoms with van der Waals surface area (Å²) in [5.74, 6) is 0.794. The molecule has 3 aromatic rings. The summed E-state index contributed by atoms with van der Waals surface area (Å²) in [6.07, 6.45) is -3.24. The summed E-state index contributed by atoms with van der Waals surface area (Å²) in [6, 6.07) is 6.82. The first-order chi connectivity index (χ1) is 17.0. The van der Waals surface area contributed by atoms with Crippen LogP contribution in [0.25, 0.3) is 17.0 Å². The fourth-order valence-corrected chi connectivity index (χ4v) is 4.37. The highest BCUT2D eigenvalue weighted by atomic mass is 19.3. The maximum absolute atomic E-state index is 14.1. The number of nitrogens with zero attached hydrogens (tertiary/aromatic N) is 7. The van der Waals surface area contributed by atoms with Crippen LogP contribution in [0.3, 0.4) is 0 Å². The van der Waals surface area contributed by atoms with Crippen molar-refractivity contribution in [2.24, 2.45) is 0 Å². The first-order valence-corrected chi connectivity index (χ1v) is 11.3. The zero-order chi connectivity index (χ0) is 24.5. The molecule has 0 unspecified atom stereocenters. The number of piperazine rings is 1. The second-order valence-corrected chi connectivity index (χ2v) is 8.25. The number of carbonyl (C=O) groups is 1. The van der Waals surface area contributed by atoms with E-state index in [1.807, 2.05) is 15.9 Å². The van der Waals surface area contributed by atoms with Crippen LogP contribution in [-0.2, 0) is 9.47 Å². The van der Waals surface area contributed by atoms with Gasteiger partial charge in [0.15, 0.2) is 5.82 Å². The van der Waals surface area contributed by atoms with Crippen molar-refractivity contribution < 1.29 is 23.0 Å². The van der Waals surface area contributed by atoms with Gasteiger partial charge in [-0.05, 0) is 12.1 Å². The van der Waals surface area contributed by atoms with Crippen LogP contribution in [0.2, 0.25) is 0 Å². The normalized spacial score (nSPS) is 16.9. The Morgan fingerprint density at radius 1 is 1.03 bits per heavy atom. The first-order valence-electron chi connectivity index (χ1n) is 11.3. The molecule has 35 heavy (non-hydrogen) atoms. The van der Waals surface area contributed by atoms with Crippen molar-refractivity contribution in [2.75, 3.05) is 75.1 Å². The number of anilines is 3. The van der Waals surface area contributed by atoms with Crippen LogP contribution in [0.1, 0.15) is 12.2 Å². The lowest BCUT2D eigenvalue weighted by atomic mass is 10.3. The van der Waals surface area contributed by atoms with Crippen LogP contribution in [0.15, 0.2) is 24.3 Å². The Hall–Kier alpha value is -3.74. The van der Waals surface area contributed by atoms with E-state index in [1.165, 1.54) is 11.7 Å². The molecule has 0 spiro atoms. The number of hydrogen-bond donors (Lipinski definition) is 1. The Bertz CT molecular complexity index is 1220. The molecule has 0 radical (unpaired) electrons. The number of morpholine rings is 1. The predicted octanol–water partition coefficient (Wildman–Crippen LogP) is 2.06. The van der Waals surface area contributed by atoms with E-state index in [1.54, 1.807) is 23.1 Å². The molecule has 1 amide bonds. The number of ether oxygens (including phenoxy) is 2.